The van der Waals surface area contributed by atoms with E-state index in [2.05, 4.69) is 22.2 Å². The molecule has 8 unspecified atom stereocenters. The number of ketones is 1. The molecule has 2 aliphatic heterocycles. The summed E-state index contributed by atoms with van der Waals surface area (Å²) in [5, 5.41) is 14.3. The number of benzene rings is 1. The number of methoxy groups -OCH3 is 1. The zero-order valence-corrected chi connectivity index (χ0v) is 23.9. The van der Waals surface area contributed by atoms with E-state index in [-0.39, 0.29) is 29.6 Å². The normalized spacial score (nSPS) is 31.3. The number of aromatic amines is 1. The number of carbonyl (C=O) groups is 2. The van der Waals surface area contributed by atoms with E-state index in [1.54, 1.807) is 37.5 Å². The highest BCUT2D eigenvalue weighted by Gasteiger charge is 2.56. The maximum absolute atomic E-state index is 13.2. The van der Waals surface area contributed by atoms with E-state index >= 15 is 0 Å². The van der Waals surface area contributed by atoms with Gasteiger partial charge in [-0.2, -0.15) is 0 Å². The van der Waals surface area contributed by atoms with Gasteiger partial charge in [0.25, 0.3) is 0 Å². The van der Waals surface area contributed by atoms with Crippen LogP contribution in [0.3, 0.4) is 0 Å². The maximum Gasteiger partial charge on any atom is 0.342 e. The summed E-state index contributed by atoms with van der Waals surface area (Å²) in [5.41, 5.74) is 2.34. The minimum atomic E-state index is -1.06. The third-order valence-electron chi connectivity index (χ3n) is 8.94. The first kappa shape index (κ1) is 28.3. The Morgan fingerprint density at radius 1 is 1.25 bits per heavy atom. The highest BCUT2D eigenvalue weighted by atomic mass is 16.7. The quantitative estimate of drug-likeness (QED) is 0.283. The lowest BCUT2D eigenvalue weighted by atomic mass is 9.73. The summed E-state index contributed by atoms with van der Waals surface area (Å²) in [4.78, 5) is 33.4. The van der Waals surface area contributed by atoms with Crippen molar-refractivity contribution >= 4 is 28.5 Å². The number of anilines is 1. The fraction of sp³-hybridized carbons (Fsp3) is 0.567. The molecule has 4 heterocycles. The second-order valence-electron chi connectivity index (χ2n) is 11.3. The average molecular weight is 554 g/mol. The van der Waals surface area contributed by atoms with Gasteiger partial charge in [0.2, 0.25) is 0 Å². The highest BCUT2D eigenvalue weighted by Crippen LogP contribution is 2.48. The van der Waals surface area contributed by atoms with Crippen molar-refractivity contribution in [2.24, 2.45) is 23.7 Å². The zero-order valence-electron chi connectivity index (χ0n) is 23.9. The minimum Gasteiger partial charge on any atom is -0.465 e. The van der Waals surface area contributed by atoms with E-state index in [1.807, 2.05) is 20.8 Å². The molecule has 0 amide bonds. The lowest BCUT2D eigenvalue weighted by Crippen LogP contribution is -2.63. The number of Topliss-reactive ketones (excluding diaryl/α,β-unsaturated/α-hetero) is 1. The number of H-pyrrole nitrogens is 1. The van der Waals surface area contributed by atoms with E-state index in [1.165, 1.54) is 7.11 Å². The molecule has 3 N–H and O–H groups in total. The van der Waals surface area contributed by atoms with E-state index in [0.29, 0.717) is 46.8 Å². The number of ether oxygens (including phenoxy) is 3. The predicted molar refractivity (Wildman–Crippen MR) is 148 cm³/mol. The molecular weight excluding hydrogens is 514 g/mol. The lowest BCUT2D eigenvalue weighted by Gasteiger charge is -2.55. The van der Waals surface area contributed by atoms with E-state index in [0.717, 1.165) is 6.42 Å². The molecule has 3 aromatic rings. The number of carbonyl (C=O) groups excluding carboxylic acids is 2. The van der Waals surface area contributed by atoms with Crippen molar-refractivity contribution in [1.29, 1.82) is 0 Å². The summed E-state index contributed by atoms with van der Waals surface area (Å²) in [7, 11) is 3.06. The highest BCUT2D eigenvalue weighted by molar-refractivity contribution is 6.06. The Kier molecular flexibility index (Phi) is 7.78. The first-order valence-electron chi connectivity index (χ1n) is 14.0. The molecule has 2 fully saturated rings. The van der Waals surface area contributed by atoms with Gasteiger partial charge in [-0.15, -0.1) is 0 Å². The molecular formula is C30H39N3O7. The Morgan fingerprint density at radius 2 is 2.02 bits per heavy atom. The number of nitrogens with zero attached hydrogens (tertiary/aromatic N) is 1. The first-order chi connectivity index (χ1) is 19.1. The number of esters is 1. The number of hydrogen-bond donors (Lipinski definition) is 3. The molecule has 216 valence electrons. The number of hydrogen-bond acceptors (Lipinski definition) is 9. The van der Waals surface area contributed by atoms with Crippen LogP contribution in [0.4, 0.5) is 5.69 Å². The molecule has 1 spiro atoms. The van der Waals surface area contributed by atoms with Crippen molar-refractivity contribution < 1.29 is 33.3 Å². The molecule has 8 atom stereocenters. The molecule has 0 radical (unpaired) electrons. The van der Waals surface area contributed by atoms with Gasteiger partial charge in [-0.1, -0.05) is 27.7 Å². The molecule has 2 aliphatic rings. The van der Waals surface area contributed by atoms with Crippen LogP contribution in [-0.4, -0.2) is 65.1 Å². The van der Waals surface area contributed by atoms with Crippen molar-refractivity contribution in [3.05, 3.63) is 47.6 Å². The summed E-state index contributed by atoms with van der Waals surface area (Å²) < 4.78 is 24.5. The third-order valence-corrected chi connectivity index (χ3v) is 8.94. The molecule has 0 saturated carbocycles. The molecule has 0 bridgehead atoms. The number of aliphatic hydroxyl groups is 1. The van der Waals surface area contributed by atoms with Gasteiger partial charge in [-0.05, 0) is 36.6 Å². The van der Waals surface area contributed by atoms with Crippen molar-refractivity contribution in [2.45, 2.75) is 71.1 Å². The van der Waals surface area contributed by atoms with Gasteiger partial charge in [0.05, 0.1) is 43.2 Å². The van der Waals surface area contributed by atoms with Crippen LogP contribution in [-0.2, 0) is 20.6 Å². The number of aromatic nitrogens is 2. The van der Waals surface area contributed by atoms with Gasteiger partial charge >= 0.3 is 5.97 Å². The molecule has 1 aromatic carbocycles. The van der Waals surface area contributed by atoms with Crippen molar-refractivity contribution in [2.75, 3.05) is 19.5 Å². The van der Waals surface area contributed by atoms with Crippen molar-refractivity contribution in [3.63, 3.8) is 0 Å². The van der Waals surface area contributed by atoms with E-state index in [4.69, 9.17) is 18.6 Å². The molecule has 40 heavy (non-hydrogen) atoms. The predicted octanol–water partition coefficient (Wildman–Crippen LogP) is 4.59. The second kappa shape index (κ2) is 11.0. The summed E-state index contributed by atoms with van der Waals surface area (Å²) in [6.45, 7) is 7.83. The minimum absolute atomic E-state index is 0.0618. The standard InChI is InChI=1S/C30H39N3O7/c1-15-11-12-30(18(4)26(34)16(2)28(40-30)17(3)27(35)20-8-7-13-32-20)39-22(15)14-23-33-25-21(38-23)10-9-19(31-5)24(25)29(36)37-6/h7-10,13,15-18,22,26,28,31-32,34H,11-12,14H2,1-6H3. The number of nitrogens with one attached hydrogen (secondary N) is 2. The summed E-state index contributed by atoms with van der Waals surface area (Å²) in [6.07, 6.45) is 1.93. The zero-order chi connectivity index (χ0) is 28.8. The van der Waals surface area contributed by atoms with Crippen LogP contribution in [0.5, 0.6) is 0 Å². The van der Waals surface area contributed by atoms with Crippen molar-refractivity contribution in [3.8, 4) is 0 Å². The molecule has 10 heteroatoms. The SMILES string of the molecule is CNc1ccc2oc(CC3OC4(CCC3C)OC(C(C)C(=O)c3ccc[nH]3)C(C)C(O)C4C)nc2c1C(=O)OC. The first-order valence-corrected chi connectivity index (χ1v) is 14.0. The Morgan fingerprint density at radius 3 is 2.70 bits per heavy atom. The molecule has 0 aliphatic carbocycles. The average Bonchev–Trinajstić information content (AvgIpc) is 3.64. The Balaban J connectivity index is 1.42. The van der Waals surface area contributed by atoms with Gasteiger partial charge in [-0.25, -0.2) is 9.78 Å². The summed E-state index contributed by atoms with van der Waals surface area (Å²) in [5.74, 6) is -2.07. The van der Waals surface area contributed by atoms with E-state index in [9.17, 15) is 14.7 Å². The smallest absolute Gasteiger partial charge is 0.342 e. The van der Waals surface area contributed by atoms with Crippen LogP contribution in [0.25, 0.3) is 11.1 Å². The third kappa shape index (κ3) is 4.82. The lowest BCUT2D eigenvalue weighted by molar-refractivity contribution is -0.372. The maximum atomic E-state index is 13.2. The van der Waals surface area contributed by atoms with Gasteiger partial charge in [-0.3, -0.25) is 4.79 Å². The number of aliphatic hydroxyl groups excluding tert-OH is 1. The van der Waals surface area contributed by atoms with Crippen LogP contribution in [0.15, 0.2) is 34.9 Å². The largest absolute Gasteiger partial charge is 0.465 e. The van der Waals surface area contributed by atoms with Crippen LogP contribution in [0.2, 0.25) is 0 Å². The van der Waals surface area contributed by atoms with Gasteiger partial charge in [0.1, 0.15) is 11.1 Å². The molecule has 2 saturated heterocycles. The monoisotopic (exact) mass is 553 g/mol. The van der Waals surface area contributed by atoms with Crippen molar-refractivity contribution in [1.82, 2.24) is 9.97 Å². The topological polar surface area (TPSA) is 136 Å². The van der Waals surface area contributed by atoms with Crippen LogP contribution >= 0.6 is 0 Å². The molecule has 2 aromatic heterocycles. The number of rotatable bonds is 7. The number of fused-ring (bicyclic) bond motifs is 1. The fourth-order valence-electron chi connectivity index (χ4n) is 6.32. The van der Waals surface area contributed by atoms with Gasteiger partial charge < -0.3 is 34.0 Å². The number of oxazole rings is 1. The van der Waals surface area contributed by atoms with Crippen LogP contribution in [0, 0.1) is 23.7 Å². The van der Waals surface area contributed by atoms with E-state index < -0.39 is 29.9 Å². The van der Waals surface area contributed by atoms with Crippen LogP contribution in [0.1, 0.15) is 67.3 Å². The molecule has 5 rings (SSSR count). The van der Waals surface area contributed by atoms with Crippen LogP contribution < -0.4 is 5.32 Å². The second-order valence-corrected chi connectivity index (χ2v) is 11.3. The van der Waals surface area contributed by atoms with Gasteiger partial charge in [0, 0.05) is 37.4 Å². The Hall–Kier alpha value is -3.21. The fourth-order valence-corrected chi connectivity index (χ4v) is 6.32. The van der Waals surface area contributed by atoms with Gasteiger partial charge in [0.15, 0.2) is 23.0 Å². The Bertz CT molecular complexity index is 1370. The summed E-state index contributed by atoms with van der Waals surface area (Å²) >= 11 is 0. The summed E-state index contributed by atoms with van der Waals surface area (Å²) in [6, 6.07) is 7.07. The molecule has 10 nitrogen and oxygen atoms in total. The Labute approximate surface area is 233 Å².